The molecule has 2 heterocycles. The van der Waals surface area contributed by atoms with E-state index in [1.165, 1.54) is 4.90 Å². The summed E-state index contributed by atoms with van der Waals surface area (Å²) in [5.74, 6) is -0.251. The Kier molecular flexibility index (Phi) is 6.82. The van der Waals surface area contributed by atoms with E-state index in [1.54, 1.807) is 48.8 Å². The van der Waals surface area contributed by atoms with Crippen LogP contribution in [0.5, 0.6) is 0 Å². The van der Waals surface area contributed by atoms with E-state index in [0.717, 1.165) is 6.42 Å². The highest BCUT2D eigenvalue weighted by Gasteiger charge is 2.39. The molecule has 2 saturated heterocycles. The van der Waals surface area contributed by atoms with Crippen molar-refractivity contribution in [3.05, 3.63) is 33.8 Å². The van der Waals surface area contributed by atoms with Gasteiger partial charge in [-0.3, -0.25) is 14.5 Å². The third-order valence-corrected chi connectivity index (χ3v) is 5.59. The van der Waals surface area contributed by atoms with Crippen LogP contribution in [0.3, 0.4) is 0 Å². The van der Waals surface area contributed by atoms with Gasteiger partial charge in [-0.05, 0) is 51.8 Å². The van der Waals surface area contributed by atoms with Gasteiger partial charge in [0.05, 0.1) is 0 Å². The summed E-state index contributed by atoms with van der Waals surface area (Å²) in [4.78, 5) is 43.2. The first-order chi connectivity index (χ1) is 14.0. The molecule has 0 saturated carbocycles. The molecule has 1 aromatic carbocycles. The van der Waals surface area contributed by atoms with E-state index in [1.807, 2.05) is 0 Å². The van der Waals surface area contributed by atoms with Gasteiger partial charge in [-0.1, -0.05) is 23.2 Å². The third kappa shape index (κ3) is 5.38. The molecule has 0 spiro atoms. The van der Waals surface area contributed by atoms with Gasteiger partial charge in [-0.25, -0.2) is 4.79 Å². The summed E-state index contributed by atoms with van der Waals surface area (Å²) in [6.07, 6.45) is 0.937. The number of nitrogens with zero attached hydrogens (tertiary/aromatic N) is 3. The minimum Gasteiger partial charge on any atom is -0.444 e. The van der Waals surface area contributed by atoms with Gasteiger partial charge in [-0.2, -0.15) is 0 Å². The summed E-state index contributed by atoms with van der Waals surface area (Å²) >= 11 is 12.0. The van der Waals surface area contributed by atoms with Crippen molar-refractivity contribution in [1.29, 1.82) is 0 Å². The molecule has 2 aliphatic heterocycles. The lowest BCUT2D eigenvalue weighted by Crippen LogP contribution is -2.55. The lowest BCUT2D eigenvalue weighted by molar-refractivity contribution is -0.137. The highest BCUT2D eigenvalue weighted by atomic mass is 35.5. The Balaban J connectivity index is 1.59. The van der Waals surface area contributed by atoms with E-state index in [9.17, 15) is 14.4 Å². The van der Waals surface area contributed by atoms with Crippen LogP contribution in [0.15, 0.2) is 18.2 Å². The van der Waals surface area contributed by atoms with Crippen LogP contribution in [0.25, 0.3) is 0 Å². The lowest BCUT2D eigenvalue weighted by atomic mass is 10.1. The monoisotopic (exact) mass is 455 g/mol. The number of hydrogen-bond acceptors (Lipinski definition) is 4. The second-order valence-corrected chi connectivity index (χ2v) is 9.48. The zero-order valence-electron chi connectivity index (χ0n) is 17.5. The van der Waals surface area contributed by atoms with Crippen molar-refractivity contribution in [2.24, 2.45) is 0 Å². The molecule has 1 atom stereocenters. The number of carbonyl (C=O) groups is 3. The first-order valence-corrected chi connectivity index (χ1v) is 10.8. The third-order valence-electron chi connectivity index (χ3n) is 5.15. The van der Waals surface area contributed by atoms with Gasteiger partial charge >= 0.3 is 6.09 Å². The predicted octanol–water partition coefficient (Wildman–Crippen LogP) is 3.68. The van der Waals surface area contributed by atoms with Crippen LogP contribution in [-0.2, 0) is 9.53 Å². The van der Waals surface area contributed by atoms with Crippen molar-refractivity contribution < 1.29 is 19.1 Å². The van der Waals surface area contributed by atoms with E-state index in [-0.39, 0.29) is 11.8 Å². The SMILES string of the molecule is CC(C)(C)OC(=O)N1CCC[C@H]1C(=O)N1CCN(C(=O)c2cc(Cl)cc(Cl)c2)CC1. The Labute approximate surface area is 186 Å². The molecule has 3 amide bonds. The topological polar surface area (TPSA) is 70.2 Å². The Bertz CT molecular complexity index is 812. The second kappa shape index (κ2) is 9.02. The maximum Gasteiger partial charge on any atom is 0.410 e. The molecule has 0 aromatic heterocycles. The summed E-state index contributed by atoms with van der Waals surface area (Å²) in [5, 5.41) is 0.811. The smallest absolute Gasteiger partial charge is 0.410 e. The Morgan fingerprint density at radius 1 is 0.933 bits per heavy atom. The van der Waals surface area contributed by atoms with Gasteiger partial charge in [0.25, 0.3) is 5.91 Å². The summed E-state index contributed by atoms with van der Waals surface area (Å²) in [6.45, 7) is 7.58. The normalized spacial score (nSPS) is 19.8. The average Bonchev–Trinajstić information content (AvgIpc) is 3.15. The van der Waals surface area contributed by atoms with Crippen LogP contribution >= 0.6 is 23.2 Å². The fourth-order valence-electron chi connectivity index (χ4n) is 3.76. The highest BCUT2D eigenvalue weighted by molar-refractivity contribution is 6.35. The van der Waals surface area contributed by atoms with Gasteiger partial charge in [0.15, 0.2) is 0 Å². The van der Waals surface area contributed by atoms with Crippen LogP contribution in [0.4, 0.5) is 4.79 Å². The van der Waals surface area contributed by atoms with Gasteiger partial charge in [0, 0.05) is 48.3 Å². The number of piperazine rings is 1. The summed E-state index contributed by atoms with van der Waals surface area (Å²) in [5.41, 5.74) is -0.179. The zero-order chi connectivity index (χ0) is 22.1. The molecule has 9 heteroatoms. The molecule has 0 aliphatic carbocycles. The van der Waals surface area contributed by atoms with E-state index in [2.05, 4.69) is 0 Å². The summed E-state index contributed by atoms with van der Waals surface area (Å²) in [6, 6.07) is 4.25. The number of ether oxygens (including phenoxy) is 1. The fourth-order valence-corrected chi connectivity index (χ4v) is 4.29. The van der Waals surface area contributed by atoms with Crippen LogP contribution < -0.4 is 0 Å². The van der Waals surface area contributed by atoms with Crippen molar-refractivity contribution in [3.8, 4) is 0 Å². The molecule has 30 heavy (non-hydrogen) atoms. The van der Waals surface area contributed by atoms with E-state index >= 15 is 0 Å². The van der Waals surface area contributed by atoms with E-state index in [4.69, 9.17) is 27.9 Å². The maximum absolute atomic E-state index is 13.1. The number of amides is 3. The first kappa shape index (κ1) is 22.7. The molecule has 3 rings (SSSR count). The minimum atomic E-state index is -0.609. The Morgan fingerprint density at radius 2 is 1.50 bits per heavy atom. The van der Waals surface area contributed by atoms with Crippen molar-refractivity contribution in [3.63, 3.8) is 0 Å². The van der Waals surface area contributed by atoms with Gasteiger partial charge in [0.2, 0.25) is 5.91 Å². The van der Waals surface area contributed by atoms with Crippen LogP contribution in [-0.4, -0.2) is 77.0 Å². The Morgan fingerprint density at radius 3 is 2.07 bits per heavy atom. The van der Waals surface area contributed by atoms with Crippen molar-refractivity contribution in [1.82, 2.24) is 14.7 Å². The molecule has 7 nitrogen and oxygen atoms in total. The van der Waals surface area contributed by atoms with Crippen LogP contribution in [0.2, 0.25) is 10.0 Å². The zero-order valence-corrected chi connectivity index (χ0v) is 19.0. The number of carbonyl (C=O) groups excluding carboxylic acids is 3. The largest absolute Gasteiger partial charge is 0.444 e. The summed E-state index contributed by atoms with van der Waals surface area (Å²) < 4.78 is 5.45. The molecule has 0 unspecified atom stereocenters. The van der Waals surface area contributed by atoms with Gasteiger partial charge in [0.1, 0.15) is 11.6 Å². The van der Waals surface area contributed by atoms with Gasteiger partial charge < -0.3 is 14.5 Å². The minimum absolute atomic E-state index is 0.0868. The maximum atomic E-state index is 13.1. The number of benzene rings is 1. The number of halogens is 2. The number of likely N-dealkylation sites (tertiary alicyclic amines) is 1. The standard InChI is InChI=1S/C21H27Cl2N3O4/c1-21(2,3)30-20(29)26-6-4-5-17(26)19(28)25-9-7-24(8-10-25)18(27)14-11-15(22)13-16(23)12-14/h11-13,17H,4-10H2,1-3H3/t17-/m0/s1. The van der Waals surface area contributed by atoms with E-state index < -0.39 is 17.7 Å². The first-order valence-electron chi connectivity index (χ1n) is 10.1. The van der Waals surface area contributed by atoms with Crippen LogP contribution in [0.1, 0.15) is 44.0 Å². The van der Waals surface area contributed by atoms with Gasteiger partial charge in [-0.15, -0.1) is 0 Å². The number of hydrogen-bond donors (Lipinski definition) is 0. The Hall–Kier alpha value is -1.99. The van der Waals surface area contributed by atoms with E-state index in [0.29, 0.717) is 54.8 Å². The molecule has 0 N–H and O–H groups in total. The second-order valence-electron chi connectivity index (χ2n) is 8.61. The van der Waals surface area contributed by atoms with Crippen molar-refractivity contribution in [2.45, 2.75) is 45.3 Å². The molecule has 1 aromatic rings. The van der Waals surface area contributed by atoms with Crippen molar-refractivity contribution in [2.75, 3.05) is 32.7 Å². The average molecular weight is 456 g/mol. The molecule has 0 bridgehead atoms. The number of rotatable bonds is 2. The molecule has 2 aliphatic rings. The molecule has 164 valence electrons. The fraction of sp³-hybridized carbons (Fsp3) is 0.571. The summed E-state index contributed by atoms with van der Waals surface area (Å²) in [7, 11) is 0. The molecule has 0 radical (unpaired) electrons. The molecular formula is C21H27Cl2N3O4. The predicted molar refractivity (Wildman–Crippen MR) is 115 cm³/mol. The van der Waals surface area contributed by atoms with Crippen LogP contribution in [0, 0.1) is 0 Å². The molecule has 2 fully saturated rings. The molecular weight excluding hydrogens is 429 g/mol. The lowest BCUT2D eigenvalue weighted by Gasteiger charge is -2.37. The quantitative estimate of drug-likeness (QED) is 0.681. The highest BCUT2D eigenvalue weighted by Crippen LogP contribution is 2.24. The van der Waals surface area contributed by atoms with Crippen molar-refractivity contribution >= 4 is 41.1 Å².